The zero-order chi connectivity index (χ0) is 29.0. The van der Waals surface area contributed by atoms with E-state index in [2.05, 4.69) is 5.32 Å². The SMILES string of the molecule is Cc1ccc(S(=O)(=O)N(CC(=O)N(Cc2cccc(Cl)c2)C(C)C(=O)NC(C)(C)C)c2ccccc2C)cc1. The third kappa shape index (κ3) is 7.83. The fourth-order valence-corrected chi connectivity index (χ4v) is 5.77. The van der Waals surface area contributed by atoms with E-state index in [0.29, 0.717) is 16.3 Å². The molecule has 0 aliphatic heterocycles. The van der Waals surface area contributed by atoms with Crippen LogP contribution in [0.1, 0.15) is 44.4 Å². The summed E-state index contributed by atoms with van der Waals surface area (Å²) < 4.78 is 28.9. The maximum Gasteiger partial charge on any atom is 0.264 e. The largest absolute Gasteiger partial charge is 0.350 e. The summed E-state index contributed by atoms with van der Waals surface area (Å²) in [5.74, 6) is -0.868. The highest BCUT2D eigenvalue weighted by Gasteiger charge is 2.33. The molecular formula is C30H36ClN3O4S. The standard InChI is InChI=1S/C30H36ClN3O4S/c1-21-14-16-26(17-15-21)39(37,38)34(27-13-8-7-10-22(27)2)20-28(35)33(19-24-11-9-12-25(31)18-24)23(3)29(36)32-30(4,5)6/h7-18,23H,19-20H2,1-6H3,(H,32,36). The molecule has 3 aromatic carbocycles. The number of carbonyl (C=O) groups is 2. The van der Waals surface area contributed by atoms with Crippen molar-refractivity contribution in [2.45, 2.75) is 64.6 Å². The van der Waals surface area contributed by atoms with Crippen molar-refractivity contribution in [1.29, 1.82) is 0 Å². The molecule has 7 nitrogen and oxygen atoms in total. The molecule has 208 valence electrons. The number of sulfonamides is 1. The average molecular weight is 570 g/mol. The van der Waals surface area contributed by atoms with Gasteiger partial charge in [0, 0.05) is 17.1 Å². The Bertz CT molecular complexity index is 1430. The van der Waals surface area contributed by atoms with Crippen molar-refractivity contribution in [3.05, 3.63) is 94.5 Å². The van der Waals surface area contributed by atoms with Gasteiger partial charge in [-0.25, -0.2) is 8.42 Å². The normalized spacial score (nSPS) is 12.5. The van der Waals surface area contributed by atoms with Crippen LogP contribution in [0, 0.1) is 13.8 Å². The molecule has 3 aromatic rings. The van der Waals surface area contributed by atoms with Gasteiger partial charge in [-0.15, -0.1) is 0 Å². The lowest BCUT2D eigenvalue weighted by atomic mass is 10.1. The topological polar surface area (TPSA) is 86.8 Å². The Labute approximate surface area is 236 Å². The second-order valence-electron chi connectivity index (χ2n) is 10.7. The lowest BCUT2D eigenvalue weighted by Crippen LogP contribution is -2.54. The molecule has 0 spiro atoms. The summed E-state index contributed by atoms with van der Waals surface area (Å²) in [6.07, 6.45) is 0. The molecule has 2 amide bonds. The number of nitrogens with zero attached hydrogens (tertiary/aromatic N) is 2. The summed E-state index contributed by atoms with van der Waals surface area (Å²) >= 11 is 6.19. The van der Waals surface area contributed by atoms with Crippen LogP contribution in [0.25, 0.3) is 0 Å². The summed E-state index contributed by atoms with van der Waals surface area (Å²) in [4.78, 5) is 28.6. The van der Waals surface area contributed by atoms with E-state index in [1.54, 1.807) is 62.4 Å². The lowest BCUT2D eigenvalue weighted by molar-refractivity contribution is -0.140. The first kappa shape index (κ1) is 30.2. The first-order valence-corrected chi connectivity index (χ1v) is 14.5. The summed E-state index contributed by atoms with van der Waals surface area (Å²) in [5.41, 5.74) is 2.20. The zero-order valence-corrected chi connectivity index (χ0v) is 24.8. The van der Waals surface area contributed by atoms with Gasteiger partial charge >= 0.3 is 0 Å². The van der Waals surface area contributed by atoms with Crippen molar-refractivity contribution in [2.24, 2.45) is 0 Å². The van der Waals surface area contributed by atoms with Crippen LogP contribution in [0.4, 0.5) is 5.69 Å². The van der Waals surface area contributed by atoms with Crippen molar-refractivity contribution in [3.63, 3.8) is 0 Å². The molecule has 0 bridgehead atoms. The first-order valence-electron chi connectivity index (χ1n) is 12.7. The number of hydrogen-bond donors (Lipinski definition) is 1. The third-order valence-electron chi connectivity index (χ3n) is 6.18. The van der Waals surface area contributed by atoms with Gasteiger partial charge in [0.05, 0.1) is 10.6 Å². The summed E-state index contributed by atoms with van der Waals surface area (Å²) in [6, 6.07) is 19.6. The van der Waals surface area contributed by atoms with E-state index in [4.69, 9.17) is 11.6 Å². The summed E-state index contributed by atoms with van der Waals surface area (Å²) in [6.45, 7) is 10.4. The van der Waals surface area contributed by atoms with Gasteiger partial charge in [-0.3, -0.25) is 13.9 Å². The molecule has 1 atom stereocenters. The number of hydrogen-bond acceptors (Lipinski definition) is 4. The van der Waals surface area contributed by atoms with Gasteiger partial charge in [0.2, 0.25) is 11.8 Å². The lowest BCUT2D eigenvalue weighted by Gasteiger charge is -2.33. The number of carbonyl (C=O) groups excluding carboxylic acids is 2. The fraction of sp³-hybridized carbons (Fsp3) is 0.333. The highest BCUT2D eigenvalue weighted by atomic mass is 35.5. The Hall–Kier alpha value is -3.36. The maximum atomic E-state index is 14.0. The van der Waals surface area contributed by atoms with E-state index in [9.17, 15) is 18.0 Å². The molecular weight excluding hydrogens is 534 g/mol. The molecule has 0 fully saturated rings. The zero-order valence-electron chi connectivity index (χ0n) is 23.2. The molecule has 0 saturated heterocycles. The van der Waals surface area contributed by atoms with Crippen LogP contribution < -0.4 is 9.62 Å². The molecule has 39 heavy (non-hydrogen) atoms. The monoisotopic (exact) mass is 569 g/mol. The minimum absolute atomic E-state index is 0.0732. The first-order chi connectivity index (χ1) is 18.2. The van der Waals surface area contributed by atoms with Crippen LogP contribution in [0.5, 0.6) is 0 Å². The van der Waals surface area contributed by atoms with Gasteiger partial charge in [0.25, 0.3) is 10.0 Å². The Morgan fingerprint density at radius 3 is 2.18 bits per heavy atom. The molecule has 0 aliphatic rings. The number of rotatable bonds is 9. The van der Waals surface area contributed by atoms with Gasteiger partial charge in [-0.1, -0.05) is 59.6 Å². The van der Waals surface area contributed by atoms with Crippen LogP contribution in [-0.4, -0.2) is 43.3 Å². The van der Waals surface area contributed by atoms with Gasteiger partial charge in [0.1, 0.15) is 12.6 Å². The van der Waals surface area contributed by atoms with Crippen LogP contribution in [-0.2, 0) is 26.2 Å². The van der Waals surface area contributed by atoms with Crippen LogP contribution in [0.2, 0.25) is 5.02 Å². The number of aryl methyl sites for hydroxylation is 2. The number of para-hydroxylation sites is 1. The molecule has 3 rings (SSSR count). The Morgan fingerprint density at radius 2 is 1.59 bits per heavy atom. The van der Waals surface area contributed by atoms with E-state index in [0.717, 1.165) is 15.4 Å². The minimum Gasteiger partial charge on any atom is -0.350 e. The van der Waals surface area contributed by atoms with E-state index in [1.807, 2.05) is 39.8 Å². The van der Waals surface area contributed by atoms with Crippen molar-refractivity contribution in [1.82, 2.24) is 10.2 Å². The van der Waals surface area contributed by atoms with Crippen molar-refractivity contribution in [3.8, 4) is 0 Å². The van der Waals surface area contributed by atoms with E-state index >= 15 is 0 Å². The predicted molar refractivity (Wildman–Crippen MR) is 156 cm³/mol. The van der Waals surface area contributed by atoms with Gasteiger partial charge in [0.15, 0.2) is 0 Å². The molecule has 0 heterocycles. The average Bonchev–Trinajstić information content (AvgIpc) is 2.85. The molecule has 0 aliphatic carbocycles. The highest BCUT2D eigenvalue weighted by molar-refractivity contribution is 7.92. The summed E-state index contributed by atoms with van der Waals surface area (Å²) in [7, 11) is -4.11. The van der Waals surface area contributed by atoms with Gasteiger partial charge in [-0.2, -0.15) is 0 Å². The van der Waals surface area contributed by atoms with Crippen LogP contribution >= 0.6 is 11.6 Å². The maximum absolute atomic E-state index is 14.0. The number of anilines is 1. The minimum atomic E-state index is -4.11. The third-order valence-corrected chi connectivity index (χ3v) is 8.19. The van der Waals surface area contributed by atoms with Crippen molar-refractivity contribution in [2.75, 3.05) is 10.8 Å². The number of benzene rings is 3. The Morgan fingerprint density at radius 1 is 0.949 bits per heavy atom. The van der Waals surface area contributed by atoms with Gasteiger partial charge in [-0.05, 0) is 83.0 Å². The number of nitrogens with one attached hydrogen (secondary N) is 1. The van der Waals surface area contributed by atoms with Crippen molar-refractivity contribution < 1.29 is 18.0 Å². The van der Waals surface area contributed by atoms with E-state index in [1.165, 1.54) is 17.0 Å². The smallest absolute Gasteiger partial charge is 0.264 e. The number of halogens is 1. The second-order valence-corrected chi connectivity index (χ2v) is 13.0. The molecule has 9 heteroatoms. The molecule has 1 N–H and O–H groups in total. The van der Waals surface area contributed by atoms with Crippen molar-refractivity contribution >= 4 is 39.1 Å². The van der Waals surface area contributed by atoms with Crippen LogP contribution in [0.3, 0.4) is 0 Å². The molecule has 1 unspecified atom stereocenters. The van der Waals surface area contributed by atoms with E-state index < -0.39 is 34.1 Å². The van der Waals surface area contributed by atoms with Crippen LogP contribution in [0.15, 0.2) is 77.7 Å². The fourth-order valence-electron chi connectivity index (χ4n) is 4.08. The summed E-state index contributed by atoms with van der Waals surface area (Å²) in [5, 5.41) is 3.41. The highest BCUT2D eigenvalue weighted by Crippen LogP contribution is 2.27. The number of amides is 2. The second kappa shape index (κ2) is 12.2. The predicted octanol–water partition coefficient (Wildman–Crippen LogP) is 5.48. The quantitative estimate of drug-likeness (QED) is 0.369. The molecule has 0 saturated carbocycles. The van der Waals surface area contributed by atoms with Gasteiger partial charge < -0.3 is 10.2 Å². The van der Waals surface area contributed by atoms with E-state index in [-0.39, 0.29) is 17.3 Å². The molecule has 0 radical (unpaired) electrons. The molecule has 0 aromatic heterocycles. The Kier molecular flexibility index (Phi) is 9.46. The Balaban J connectivity index is 2.05.